The van der Waals surface area contributed by atoms with Crippen LogP contribution in [0.15, 0.2) is 18.2 Å². The Morgan fingerprint density at radius 3 is 2.20 bits per heavy atom. The molecule has 1 aromatic rings. The van der Waals surface area contributed by atoms with Crippen molar-refractivity contribution in [3.05, 3.63) is 28.2 Å². The van der Waals surface area contributed by atoms with Crippen molar-refractivity contribution in [3.63, 3.8) is 0 Å². The molecule has 3 N–H and O–H groups in total. The summed E-state index contributed by atoms with van der Waals surface area (Å²) >= 11 is 11.5. The Morgan fingerprint density at radius 2 is 1.75 bits per heavy atom. The smallest absolute Gasteiger partial charge is 0.318 e. The standard InChI is InChI=1S/C12H13Cl2N3O3/c1-7(18)17(3-2-15)12(20)11(19)16-10-5-8(13)4-9(14)6-10/h4-6H,2-3,15H2,1H3,(H,16,19). The number of rotatable bonds is 3. The molecule has 1 aromatic carbocycles. The molecule has 0 saturated carbocycles. The van der Waals surface area contributed by atoms with Gasteiger partial charge in [0.15, 0.2) is 0 Å². The van der Waals surface area contributed by atoms with Gasteiger partial charge in [0.1, 0.15) is 0 Å². The summed E-state index contributed by atoms with van der Waals surface area (Å²) in [5.74, 6) is -2.51. The van der Waals surface area contributed by atoms with Crippen molar-refractivity contribution in [2.45, 2.75) is 6.92 Å². The highest BCUT2D eigenvalue weighted by atomic mass is 35.5. The van der Waals surface area contributed by atoms with Gasteiger partial charge in [-0.05, 0) is 18.2 Å². The first-order chi connectivity index (χ1) is 9.35. The van der Waals surface area contributed by atoms with Crippen molar-refractivity contribution >= 4 is 46.6 Å². The molecule has 108 valence electrons. The zero-order valence-corrected chi connectivity index (χ0v) is 12.2. The summed E-state index contributed by atoms with van der Waals surface area (Å²) in [4.78, 5) is 35.6. The fourth-order valence-electron chi connectivity index (χ4n) is 1.46. The van der Waals surface area contributed by atoms with Crippen molar-refractivity contribution < 1.29 is 14.4 Å². The Kier molecular flexibility index (Phi) is 5.94. The van der Waals surface area contributed by atoms with Crippen molar-refractivity contribution in [1.29, 1.82) is 0 Å². The van der Waals surface area contributed by atoms with Crippen molar-refractivity contribution in [1.82, 2.24) is 4.90 Å². The summed E-state index contributed by atoms with van der Waals surface area (Å²) in [5.41, 5.74) is 5.55. The highest BCUT2D eigenvalue weighted by Gasteiger charge is 2.24. The second-order valence-electron chi connectivity index (χ2n) is 3.88. The molecule has 0 atom stereocenters. The minimum atomic E-state index is -0.987. The van der Waals surface area contributed by atoms with Gasteiger partial charge in [-0.15, -0.1) is 0 Å². The fourth-order valence-corrected chi connectivity index (χ4v) is 1.99. The Labute approximate surface area is 125 Å². The first-order valence-corrected chi connectivity index (χ1v) is 6.40. The molecule has 0 saturated heterocycles. The largest absolute Gasteiger partial charge is 0.329 e. The average molecular weight is 318 g/mol. The fraction of sp³-hybridized carbons (Fsp3) is 0.250. The zero-order valence-electron chi connectivity index (χ0n) is 10.7. The van der Waals surface area contributed by atoms with Crippen LogP contribution in [-0.2, 0) is 14.4 Å². The maximum absolute atomic E-state index is 11.8. The lowest BCUT2D eigenvalue weighted by Gasteiger charge is -2.17. The number of nitrogens with zero attached hydrogens (tertiary/aromatic N) is 1. The van der Waals surface area contributed by atoms with Crippen LogP contribution in [0.2, 0.25) is 10.0 Å². The normalized spacial score (nSPS) is 10.0. The molecule has 0 aliphatic heterocycles. The first kappa shape index (κ1) is 16.4. The molecule has 0 heterocycles. The molecule has 3 amide bonds. The van der Waals surface area contributed by atoms with E-state index in [1.807, 2.05) is 0 Å². The Hall–Kier alpha value is -1.63. The summed E-state index contributed by atoms with van der Waals surface area (Å²) in [7, 11) is 0. The molecular weight excluding hydrogens is 305 g/mol. The van der Waals surface area contributed by atoms with Crippen LogP contribution in [0.4, 0.5) is 5.69 Å². The molecule has 6 nitrogen and oxygen atoms in total. The van der Waals surface area contributed by atoms with Gasteiger partial charge >= 0.3 is 11.8 Å². The Bertz CT molecular complexity index is 528. The van der Waals surface area contributed by atoms with Gasteiger partial charge in [0.05, 0.1) is 0 Å². The molecule has 0 spiro atoms. The number of halogens is 2. The molecule has 8 heteroatoms. The van der Waals surface area contributed by atoms with Gasteiger partial charge in [-0.3, -0.25) is 19.3 Å². The predicted octanol–water partition coefficient (Wildman–Crippen LogP) is 1.27. The molecule has 0 bridgehead atoms. The molecule has 20 heavy (non-hydrogen) atoms. The van der Waals surface area contributed by atoms with E-state index < -0.39 is 17.7 Å². The summed E-state index contributed by atoms with van der Waals surface area (Å²) in [6.07, 6.45) is 0. The number of hydrogen-bond acceptors (Lipinski definition) is 4. The predicted molar refractivity (Wildman–Crippen MR) is 76.5 cm³/mol. The van der Waals surface area contributed by atoms with Gasteiger partial charge in [-0.2, -0.15) is 0 Å². The number of benzene rings is 1. The minimum Gasteiger partial charge on any atom is -0.329 e. The second-order valence-corrected chi connectivity index (χ2v) is 4.75. The second kappa shape index (κ2) is 7.23. The van der Waals surface area contributed by atoms with Gasteiger partial charge in [-0.1, -0.05) is 23.2 Å². The molecule has 0 aliphatic rings. The van der Waals surface area contributed by atoms with E-state index in [9.17, 15) is 14.4 Å². The van der Waals surface area contributed by atoms with E-state index in [0.29, 0.717) is 10.0 Å². The van der Waals surface area contributed by atoms with Crippen molar-refractivity contribution in [2.24, 2.45) is 5.73 Å². The lowest BCUT2D eigenvalue weighted by molar-refractivity contribution is -0.149. The summed E-state index contributed by atoms with van der Waals surface area (Å²) in [6.45, 7) is 1.22. The summed E-state index contributed by atoms with van der Waals surface area (Å²) in [6, 6.07) is 4.34. The van der Waals surface area contributed by atoms with Crippen LogP contribution in [0.3, 0.4) is 0 Å². The zero-order chi connectivity index (χ0) is 15.3. The number of nitrogens with one attached hydrogen (secondary N) is 1. The number of carbonyl (C=O) groups excluding carboxylic acids is 3. The number of imide groups is 1. The summed E-state index contributed by atoms with van der Waals surface area (Å²) < 4.78 is 0. The van der Waals surface area contributed by atoms with E-state index >= 15 is 0 Å². The first-order valence-electron chi connectivity index (χ1n) is 5.64. The Balaban J connectivity index is 2.84. The number of carbonyl (C=O) groups is 3. The Morgan fingerprint density at radius 1 is 1.20 bits per heavy atom. The third-order valence-electron chi connectivity index (χ3n) is 2.29. The molecular formula is C12H13Cl2N3O3. The van der Waals surface area contributed by atoms with E-state index in [1.165, 1.54) is 25.1 Å². The number of nitrogens with two attached hydrogens (primary N) is 1. The van der Waals surface area contributed by atoms with Crippen LogP contribution >= 0.6 is 23.2 Å². The quantitative estimate of drug-likeness (QED) is 0.821. The maximum atomic E-state index is 11.8. The van der Waals surface area contributed by atoms with E-state index in [-0.39, 0.29) is 18.8 Å². The molecule has 0 aromatic heterocycles. The highest BCUT2D eigenvalue weighted by Crippen LogP contribution is 2.22. The van der Waals surface area contributed by atoms with E-state index in [0.717, 1.165) is 4.90 Å². The van der Waals surface area contributed by atoms with E-state index in [2.05, 4.69) is 5.32 Å². The molecule has 0 aliphatic carbocycles. The van der Waals surface area contributed by atoms with Gasteiger partial charge in [-0.25, -0.2) is 0 Å². The number of anilines is 1. The third-order valence-corrected chi connectivity index (χ3v) is 2.73. The van der Waals surface area contributed by atoms with E-state index in [1.54, 1.807) is 0 Å². The van der Waals surface area contributed by atoms with Crippen LogP contribution in [-0.4, -0.2) is 35.7 Å². The number of hydrogen-bond donors (Lipinski definition) is 2. The van der Waals surface area contributed by atoms with E-state index in [4.69, 9.17) is 28.9 Å². The van der Waals surface area contributed by atoms with Crippen LogP contribution < -0.4 is 11.1 Å². The average Bonchev–Trinajstić information content (AvgIpc) is 2.33. The monoisotopic (exact) mass is 317 g/mol. The van der Waals surface area contributed by atoms with Crippen LogP contribution in [0.5, 0.6) is 0 Å². The van der Waals surface area contributed by atoms with Gasteiger partial charge in [0, 0.05) is 35.7 Å². The van der Waals surface area contributed by atoms with Gasteiger partial charge < -0.3 is 11.1 Å². The highest BCUT2D eigenvalue weighted by molar-refractivity contribution is 6.42. The number of amides is 3. The topological polar surface area (TPSA) is 92.5 Å². The molecule has 0 radical (unpaired) electrons. The summed E-state index contributed by atoms with van der Waals surface area (Å²) in [5, 5.41) is 2.95. The van der Waals surface area contributed by atoms with Crippen LogP contribution in [0, 0.1) is 0 Å². The SMILES string of the molecule is CC(=O)N(CCN)C(=O)C(=O)Nc1cc(Cl)cc(Cl)c1. The van der Waals surface area contributed by atoms with Crippen LogP contribution in [0.25, 0.3) is 0 Å². The van der Waals surface area contributed by atoms with Crippen molar-refractivity contribution in [2.75, 3.05) is 18.4 Å². The minimum absolute atomic E-state index is 0.0299. The van der Waals surface area contributed by atoms with Gasteiger partial charge in [0.25, 0.3) is 0 Å². The third kappa shape index (κ3) is 4.48. The molecule has 0 fully saturated rings. The molecule has 1 rings (SSSR count). The van der Waals surface area contributed by atoms with Crippen LogP contribution in [0.1, 0.15) is 6.92 Å². The van der Waals surface area contributed by atoms with Gasteiger partial charge in [0.2, 0.25) is 5.91 Å². The molecule has 0 unspecified atom stereocenters. The van der Waals surface area contributed by atoms with Crippen molar-refractivity contribution in [3.8, 4) is 0 Å². The maximum Gasteiger partial charge on any atom is 0.318 e. The lowest BCUT2D eigenvalue weighted by Crippen LogP contribution is -2.44. The lowest BCUT2D eigenvalue weighted by atomic mass is 10.3.